The summed E-state index contributed by atoms with van der Waals surface area (Å²) in [5.74, 6) is -0.0818. The van der Waals surface area contributed by atoms with Crippen LogP contribution in [0.2, 0.25) is 0 Å². The second kappa shape index (κ2) is 8.80. The molecule has 0 saturated carbocycles. The van der Waals surface area contributed by atoms with E-state index in [1.165, 1.54) is 17.2 Å². The molecule has 0 fully saturated rings. The van der Waals surface area contributed by atoms with Crippen molar-refractivity contribution in [3.63, 3.8) is 0 Å². The van der Waals surface area contributed by atoms with Crippen LogP contribution >= 0.6 is 0 Å². The molecule has 1 atom stereocenters. The normalized spacial score (nSPS) is 22.1. The smallest absolute Gasteiger partial charge is 0.241 e. The van der Waals surface area contributed by atoms with Gasteiger partial charge >= 0.3 is 0 Å². The lowest BCUT2D eigenvalue weighted by Gasteiger charge is -2.39. The van der Waals surface area contributed by atoms with Gasteiger partial charge in [0.1, 0.15) is 5.78 Å². The molecule has 1 unspecified atom stereocenters. The van der Waals surface area contributed by atoms with E-state index in [-0.39, 0.29) is 17.1 Å². The van der Waals surface area contributed by atoms with Crippen LogP contribution in [-0.4, -0.2) is 11.7 Å². The molecule has 0 saturated heterocycles. The maximum atomic E-state index is 12.0. The second-order valence-corrected chi connectivity index (χ2v) is 7.51. The zero-order chi connectivity index (χ0) is 19.2. The third-order valence-corrected chi connectivity index (χ3v) is 4.92. The zero-order valence-corrected chi connectivity index (χ0v) is 16.3. The first-order chi connectivity index (χ1) is 11.6. The Morgan fingerprint density at radius 2 is 1.76 bits per heavy atom. The molecule has 1 aliphatic rings. The Kier molecular flexibility index (Phi) is 7.35. The summed E-state index contributed by atoms with van der Waals surface area (Å²) in [6.07, 6.45) is 13.3. The number of carbonyl (C=O) groups is 2. The second-order valence-electron chi connectivity index (χ2n) is 7.51. The van der Waals surface area contributed by atoms with Gasteiger partial charge in [0.05, 0.1) is 0 Å². The number of primary amides is 1. The van der Waals surface area contributed by atoms with Crippen LogP contribution in [-0.2, 0) is 9.59 Å². The van der Waals surface area contributed by atoms with Crippen molar-refractivity contribution >= 4 is 11.7 Å². The molecule has 0 bridgehead atoms. The summed E-state index contributed by atoms with van der Waals surface area (Å²) in [7, 11) is 0. The lowest BCUT2D eigenvalue weighted by molar-refractivity contribution is -0.124. The maximum Gasteiger partial charge on any atom is 0.241 e. The Morgan fingerprint density at radius 1 is 1.12 bits per heavy atom. The number of ketones is 1. The van der Waals surface area contributed by atoms with Crippen LogP contribution in [0.4, 0.5) is 0 Å². The van der Waals surface area contributed by atoms with E-state index in [1.807, 2.05) is 32.1 Å². The van der Waals surface area contributed by atoms with Gasteiger partial charge < -0.3 is 5.73 Å². The van der Waals surface area contributed by atoms with Crippen LogP contribution in [0.15, 0.2) is 58.7 Å². The van der Waals surface area contributed by atoms with Crippen LogP contribution in [0.3, 0.4) is 0 Å². The SMILES string of the molecule is CC(=O)C1CCC(C)=C(/C=C/C(C)=C/C=C/C(C)=C/C(N)=O)C1(C)C. The van der Waals surface area contributed by atoms with Crippen LogP contribution in [0.25, 0.3) is 0 Å². The predicted octanol–water partition coefficient (Wildman–Crippen LogP) is 4.82. The molecule has 1 rings (SSSR count). The van der Waals surface area contributed by atoms with Gasteiger partial charge in [0.2, 0.25) is 5.91 Å². The van der Waals surface area contributed by atoms with Crippen molar-refractivity contribution in [1.82, 2.24) is 0 Å². The average Bonchev–Trinajstić information content (AvgIpc) is 2.44. The minimum atomic E-state index is -0.440. The first kappa shape index (κ1) is 20.9. The lowest BCUT2D eigenvalue weighted by Crippen LogP contribution is -2.34. The van der Waals surface area contributed by atoms with E-state index in [2.05, 4.69) is 32.9 Å². The summed E-state index contributed by atoms with van der Waals surface area (Å²) in [6.45, 7) is 12.1. The summed E-state index contributed by atoms with van der Waals surface area (Å²) in [5.41, 5.74) is 9.53. The number of allylic oxidation sites excluding steroid dienone is 9. The molecule has 0 aromatic rings. The minimum absolute atomic E-state index is 0.0848. The Balaban J connectivity index is 2.95. The van der Waals surface area contributed by atoms with Crippen LogP contribution in [0.5, 0.6) is 0 Å². The number of hydrogen-bond acceptors (Lipinski definition) is 2. The van der Waals surface area contributed by atoms with Crippen LogP contribution < -0.4 is 5.73 Å². The number of hydrogen-bond donors (Lipinski definition) is 1. The summed E-state index contributed by atoms with van der Waals surface area (Å²) in [4.78, 5) is 22.8. The molecule has 2 N–H and O–H groups in total. The molecule has 0 radical (unpaired) electrons. The van der Waals surface area contributed by atoms with E-state index in [0.29, 0.717) is 0 Å². The minimum Gasteiger partial charge on any atom is -0.366 e. The van der Waals surface area contributed by atoms with Gasteiger partial charge in [-0.05, 0) is 57.1 Å². The van der Waals surface area contributed by atoms with E-state index in [4.69, 9.17) is 5.73 Å². The van der Waals surface area contributed by atoms with Gasteiger partial charge in [-0.25, -0.2) is 0 Å². The highest BCUT2D eigenvalue weighted by Crippen LogP contribution is 2.45. The lowest BCUT2D eigenvalue weighted by atomic mass is 9.64. The van der Waals surface area contributed by atoms with E-state index in [0.717, 1.165) is 24.0 Å². The first-order valence-corrected chi connectivity index (χ1v) is 8.77. The van der Waals surface area contributed by atoms with Gasteiger partial charge in [-0.1, -0.05) is 55.4 Å². The maximum absolute atomic E-state index is 12.0. The number of nitrogens with two attached hydrogens (primary N) is 1. The third-order valence-electron chi connectivity index (χ3n) is 4.92. The summed E-state index contributed by atoms with van der Waals surface area (Å²) in [5, 5.41) is 0. The largest absolute Gasteiger partial charge is 0.366 e. The summed E-state index contributed by atoms with van der Waals surface area (Å²) >= 11 is 0. The van der Waals surface area contributed by atoms with E-state index >= 15 is 0 Å². The molecule has 1 aliphatic carbocycles. The molecule has 1 amide bonds. The predicted molar refractivity (Wildman–Crippen MR) is 105 cm³/mol. The molecule has 0 spiro atoms. The third kappa shape index (κ3) is 6.00. The molecule has 0 aliphatic heterocycles. The van der Waals surface area contributed by atoms with Gasteiger partial charge in [-0.3, -0.25) is 9.59 Å². The van der Waals surface area contributed by atoms with Gasteiger partial charge in [0.25, 0.3) is 0 Å². The molecule has 3 nitrogen and oxygen atoms in total. The highest BCUT2D eigenvalue weighted by Gasteiger charge is 2.38. The molecule has 0 aromatic heterocycles. The van der Waals surface area contributed by atoms with Gasteiger partial charge in [-0.2, -0.15) is 0 Å². The topological polar surface area (TPSA) is 60.2 Å². The Morgan fingerprint density at radius 3 is 2.32 bits per heavy atom. The molecule has 25 heavy (non-hydrogen) atoms. The molecular formula is C22H31NO2. The monoisotopic (exact) mass is 341 g/mol. The zero-order valence-electron chi connectivity index (χ0n) is 16.3. The molecule has 136 valence electrons. The number of rotatable bonds is 6. The van der Waals surface area contributed by atoms with Crippen molar-refractivity contribution in [2.24, 2.45) is 17.1 Å². The standard InChI is InChI=1S/C22H31NO2/c1-15(8-7-9-16(2)14-21(23)25)10-12-19-17(3)11-13-20(18(4)24)22(19,5)6/h7-10,12,14,20H,11,13H2,1-6H3,(H2,23,25)/b9-7+,12-10+,15-8+,16-14+. The summed E-state index contributed by atoms with van der Waals surface area (Å²) < 4.78 is 0. The molecule has 0 heterocycles. The van der Waals surface area contributed by atoms with Crippen molar-refractivity contribution in [3.8, 4) is 0 Å². The van der Waals surface area contributed by atoms with Crippen molar-refractivity contribution < 1.29 is 9.59 Å². The van der Waals surface area contributed by atoms with E-state index in [9.17, 15) is 9.59 Å². The summed E-state index contributed by atoms with van der Waals surface area (Å²) in [6, 6.07) is 0. The fraction of sp³-hybridized carbons (Fsp3) is 0.455. The Hall–Kier alpha value is -2.16. The van der Waals surface area contributed by atoms with Gasteiger partial charge in [0, 0.05) is 12.0 Å². The van der Waals surface area contributed by atoms with Gasteiger partial charge in [-0.15, -0.1) is 0 Å². The van der Waals surface area contributed by atoms with Crippen molar-refractivity contribution in [2.75, 3.05) is 0 Å². The number of amides is 1. The quantitative estimate of drug-likeness (QED) is 0.556. The fourth-order valence-electron chi connectivity index (χ4n) is 3.56. The molecule has 3 heteroatoms. The number of carbonyl (C=O) groups excluding carboxylic acids is 2. The van der Waals surface area contributed by atoms with Crippen LogP contribution in [0, 0.1) is 11.3 Å². The Labute approximate surface area is 152 Å². The highest BCUT2D eigenvalue weighted by atomic mass is 16.1. The van der Waals surface area contributed by atoms with Crippen molar-refractivity contribution in [3.05, 3.63) is 58.7 Å². The van der Waals surface area contributed by atoms with Crippen LogP contribution in [0.1, 0.15) is 54.4 Å². The highest BCUT2D eigenvalue weighted by molar-refractivity contribution is 5.86. The van der Waals surface area contributed by atoms with Crippen molar-refractivity contribution in [2.45, 2.75) is 54.4 Å². The van der Waals surface area contributed by atoms with Gasteiger partial charge in [0.15, 0.2) is 0 Å². The molecular weight excluding hydrogens is 310 g/mol. The van der Waals surface area contributed by atoms with E-state index in [1.54, 1.807) is 6.92 Å². The Bertz CT molecular complexity index is 685. The number of Topliss-reactive ketones (excluding diaryl/α,β-unsaturated/α-hetero) is 1. The fourth-order valence-corrected chi connectivity index (χ4v) is 3.56. The average molecular weight is 341 g/mol. The molecule has 0 aromatic carbocycles. The van der Waals surface area contributed by atoms with E-state index < -0.39 is 5.91 Å². The van der Waals surface area contributed by atoms with Crippen molar-refractivity contribution in [1.29, 1.82) is 0 Å². The first-order valence-electron chi connectivity index (χ1n) is 8.77.